The number of hydrogen-bond acceptors (Lipinski definition) is 12. The monoisotopic (exact) mass is 596 g/mol. The molecule has 1 saturated heterocycles. The Bertz CT molecular complexity index is 1490. The fraction of sp³-hybridized carbons (Fsp3) is 0.520. The number of nitrogens with one attached hydrogen (secondary N) is 1. The lowest BCUT2D eigenvalue weighted by Crippen LogP contribution is -2.57. The SMILES string of the molecule is CC(C)OC(=O)[C@H](C)CP(=O)(Oc1ccccc1)O[C@@H](C)[C@H]1O[C@@H](n2cnc3c(=O)[nH]c(N)nc32)C(N)(CF)[C@H]1O. The highest BCUT2D eigenvalue weighted by Gasteiger charge is 2.58. The van der Waals surface area contributed by atoms with Crippen LogP contribution in [0.25, 0.3) is 11.2 Å². The van der Waals surface area contributed by atoms with Gasteiger partial charge in [0.1, 0.15) is 30.2 Å². The van der Waals surface area contributed by atoms with Crippen LogP contribution in [0.2, 0.25) is 0 Å². The summed E-state index contributed by atoms with van der Waals surface area (Å²) in [5.41, 5.74) is 9.17. The van der Waals surface area contributed by atoms with Crippen molar-refractivity contribution in [3.8, 4) is 5.75 Å². The van der Waals surface area contributed by atoms with Crippen molar-refractivity contribution in [1.29, 1.82) is 0 Å². The largest absolute Gasteiger partial charge is 0.463 e. The number of nitrogens with zero attached hydrogens (tertiary/aromatic N) is 3. The normalized spacial score (nSPS) is 25.6. The van der Waals surface area contributed by atoms with E-state index in [1.165, 1.54) is 24.7 Å². The van der Waals surface area contributed by atoms with Gasteiger partial charge in [-0.1, -0.05) is 25.1 Å². The number of hydrogen-bond donors (Lipinski definition) is 4. The minimum Gasteiger partial charge on any atom is -0.463 e. The van der Waals surface area contributed by atoms with Gasteiger partial charge in [-0.2, -0.15) is 4.98 Å². The Labute approximate surface area is 234 Å². The van der Waals surface area contributed by atoms with Gasteiger partial charge in [0.15, 0.2) is 17.4 Å². The highest BCUT2D eigenvalue weighted by molar-refractivity contribution is 7.54. The second-order valence-electron chi connectivity index (χ2n) is 10.3. The average molecular weight is 597 g/mol. The number of aliphatic hydroxyl groups is 1. The maximum Gasteiger partial charge on any atom is 0.380 e. The predicted octanol–water partition coefficient (Wildman–Crippen LogP) is 1.89. The van der Waals surface area contributed by atoms with Gasteiger partial charge in [0, 0.05) is 0 Å². The Morgan fingerprint density at radius 3 is 2.61 bits per heavy atom. The number of fused-ring (bicyclic) bond motifs is 1. The Hall–Kier alpha value is -3.36. The van der Waals surface area contributed by atoms with Crippen LogP contribution in [-0.4, -0.2) is 73.4 Å². The van der Waals surface area contributed by atoms with E-state index in [0.717, 1.165) is 0 Å². The standard InChI is InChI=1S/C25H34FN6O8P/c1-13(2)37-22(35)14(3)10-41(36,40-16-8-6-5-7-9-16)39-15(4)18-19(33)25(28,11-26)23(38-18)32-12-29-17-20(32)30-24(27)31-21(17)34/h5-9,12-15,18-19,23,33H,10-11,28H2,1-4H3,(H3,27,30,31,34)/t14-,15+,18-,19+,23-,25?,41?/m1/s1. The number of alkyl halides is 1. The molecule has 1 fully saturated rings. The number of aromatic nitrogens is 4. The summed E-state index contributed by atoms with van der Waals surface area (Å²) in [7, 11) is -4.13. The van der Waals surface area contributed by atoms with E-state index in [9.17, 15) is 23.7 Å². The van der Waals surface area contributed by atoms with Crippen LogP contribution in [-0.2, 0) is 23.4 Å². The Morgan fingerprint density at radius 2 is 1.98 bits per heavy atom. The number of imidazole rings is 1. The van der Waals surface area contributed by atoms with Gasteiger partial charge >= 0.3 is 13.6 Å². The van der Waals surface area contributed by atoms with E-state index >= 15 is 0 Å². The molecule has 3 aromatic rings. The van der Waals surface area contributed by atoms with Crippen molar-refractivity contribution >= 4 is 30.7 Å². The summed E-state index contributed by atoms with van der Waals surface area (Å²) in [4.78, 5) is 35.1. The van der Waals surface area contributed by atoms with E-state index in [2.05, 4.69) is 15.0 Å². The quantitative estimate of drug-likeness (QED) is 0.185. The molecule has 0 radical (unpaired) electrons. The van der Waals surface area contributed by atoms with E-state index in [1.54, 1.807) is 44.2 Å². The summed E-state index contributed by atoms with van der Waals surface area (Å²) >= 11 is 0. The number of para-hydroxylation sites is 1. The lowest BCUT2D eigenvalue weighted by atomic mass is 9.91. The number of nitrogens with two attached hydrogens (primary N) is 2. The Morgan fingerprint density at radius 1 is 1.29 bits per heavy atom. The van der Waals surface area contributed by atoms with Gasteiger partial charge in [0.05, 0.1) is 30.6 Å². The van der Waals surface area contributed by atoms with E-state index in [1.807, 2.05) is 0 Å². The number of rotatable bonds is 11. The van der Waals surface area contributed by atoms with Crippen molar-refractivity contribution in [3.05, 3.63) is 47.0 Å². The minimum absolute atomic E-state index is 0.0449. The summed E-state index contributed by atoms with van der Waals surface area (Å²) in [6, 6.07) is 8.19. The van der Waals surface area contributed by atoms with Gasteiger partial charge in [-0.25, -0.2) is 13.9 Å². The third-order valence-corrected chi connectivity index (χ3v) is 8.71. The van der Waals surface area contributed by atoms with Crippen LogP contribution in [0.1, 0.15) is 33.9 Å². The number of nitrogen functional groups attached to an aromatic ring is 1. The zero-order chi connectivity index (χ0) is 30.1. The maximum atomic E-state index is 14.5. The second kappa shape index (κ2) is 11.9. The molecule has 1 aliphatic heterocycles. The summed E-state index contributed by atoms with van der Waals surface area (Å²) < 4.78 is 52.6. The molecule has 4 rings (SSSR count). The van der Waals surface area contributed by atoms with Crippen molar-refractivity contribution in [2.75, 3.05) is 18.6 Å². The first-order chi connectivity index (χ1) is 19.3. The number of halogens is 1. The lowest BCUT2D eigenvalue weighted by Gasteiger charge is -2.31. The third kappa shape index (κ3) is 6.28. The van der Waals surface area contributed by atoms with E-state index in [0.29, 0.717) is 0 Å². The van der Waals surface area contributed by atoms with E-state index < -0.39 is 67.9 Å². The molecule has 1 aliphatic rings. The van der Waals surface area contributed by atoms with Crippen LogP contribution in [0.4, 0.5) is 10.3 Å². The molecule has 1 aromatic carbocycles. The zero-order valence-corrected chi connectivity index (χ0v) is 23.9. The van der Waals surface area contributed by atoms with Crippen molar-refractivity contribution in [3.63, 3.8) is 0 Å². The highest BCUT2D eigenvalue weighted by Crippen LogP contribution is 2.53. The van der Waals surface area contributed by atoms with Crippen molar-refractivity contribution in [1.82, 2.24) is 19.5 Å². The molecule has 0 saturated carbocycles. The highest BCUT2D eigenvalue weighted by atomic mass is 31.2. The van der Waals surface area contributed by atoms with Gasteiger partial charge in [0.25, 0.3) is 5.56 Å². The summed E-state index contributed by atoms with van der Waals surface area (Å²) in [5.74, 6) is -1.48. The van der Waals surface area contributed by atoms with E-state index in [-0.39, 0.29) is 29.0 Å². The number of anilines is 1. The molecule has 16 heteroatoms. The van der Waals surface area contributed by atoms with E-state index in [4.69, 9.17) is 30.0 Å². The first kappa shape index (κ1) is 30.6. The second-order valence-corrected chi connectivity index (χ2v) is 12.3. The molecule has 0 spiro atoms. The lowest BCUT2D eigenvalue weighted by molar-refractivity contribution is -0.151. The van der Waals surface area contributed by atoms with Gasteiger partial charge in [-0.15, -0.1) is 0 Å². The minimum atomic E-state index is -4.13. The van der Waals surface area contributed by atoms with Crippen LogP contribution in [0, 0.1) is 5.92 Å². The van der Waals surface area contributed by atoms with Crippen molar-refractivity contribution < 1.29 is 37.4 Å². The van der Waals surface area contributed by atoms with Gasteiger partial charge < -0.3 is 30.6 Å². The van der Waals surface area contributed by atoms with Crippen LogP contribution < -0.4 is 21.6 Å². The molecule has 0 amide bonds. The molecule has 0 bridgehead atoms. The summed E-state index contributed by atoms with van der Waals surface area (Å²) in [5, 5.41) is 11.2. The zero-order valence-electron chi connectivity index (χ0n) is 23.0. The van der Waals surface area contributed by atoms with Crippen LogP contribution >= 0.6 is 7.60 Å². The van der Waals surface area contributed by atoms with Gasteiger partial charge in [0.2, 0.25) is 5.95 Å². The average Bonchev–Trinajstić information content (AvgIpc) is 3.42. The fourth-order valence-electron chi connectivity index (χ4n) is 4.57. The fourth-order valence-corrected chi connectivity index (χ4v) is 6.66. The first-order valence-corrected chi connectivity index (χ1v) is 14.6. The van der Waals surface area contributed by atoms with Crippen LogP contribution in [0.3, 0.4) is 0 Å². The molecule has 3 heterocycles. The molecule has 224 valence electrons. The smallest absolute Gasteiger partial charge is 0.380 e. The topological polar surface area (TPSA) is 207 Å². The number of carbonyl (C=O) groups is 1. The number of carbonyl (C=O) groups excluding carboxylic acids is 1. The molecule has 2 aromatic heterocycles. The van der Waals surface area contributed by atoms with Crippen molar-refractivity contribution in [2.24, 2.45) is 11.7 Å². The molecule has 41 heavy (non-hydrogen) atoms. The molecule has 6 N–H and O–H groups in total. The van der Waals surface area contributed by atoms with Crippen molar-refractivity contribution in [2.45, 2.75) is 63.9 Å². The Kier molecular flexibility index (Phi) is 8.85. The molecule has 0 aliphatic carbocycles. The number of esters is 1. The molecular formula is C25H34FN6O8P. The first-order valence-electron chi connectivity index (χ1n) is 12.9. The number of aromatic amines is 1. The molecular weight excluding hydrogens is 562 g/mol. The summed E-state index contributed by atoms with van der Waals surface area (Å²) in [6.07, 6.45) is -5.20. The third-order valence-electron chi connectivity index (χ3n) is 6.57. The van der Waals surface area contributed by atoms with Crippen LogP contribution in [0.5, 0.6) is 5.75 Å². The van der Waals surface area contributed by atoms with Gasteiger partial charge in [-0.05, 0) is 32.9 Å². The number of aliphatic hydroxyl groups excluding tert-OH is 1. The number of ether oxygens (including phenoxy) is 2. The maximum absolute atomic E-state index is 14.5. The number of benzene rings is 1. The van der Waals surface area contributed by atoms with Gasteiger partial charge in [-0.3, -0.25) is 23.7 Å². The summed E-state index contributed by atoms with van der Waals surface area (Å²) in [6.45, 7) is 5.09. The molecule has 2 unspecified atom stereocenters. The predicted molar refractivity (Wildman–Crippen MR) is 146 cm³/mol. The van der Waals surface area contributed by atoms with Crippen LogP contribution in [0.15, 0.2) is 41.5 Å². The molecule has 7 atom stereocenters. The molecule has 14 nitrogen and oxygen atoms in total. The number of H-pyrrole nitrogens is 1. The Balaban J connectivity index is 1.63.